The summed E-state index contributed by atoms with van der Waals surface area (Å²) in [6.45, 7) is 1.92. The molecule has 0 aromatic heterocycles. The number of hydrogen-bond acceptors (Lipinski definition) is 5. The summed E-state index contributed by atoms with van der Waals surface area (Å²) in [5, 5.41) is 16.0. The first-order valence-electron chi connectivity index (χ1n) is 6.96. The lowest BCUT2D eigenvalue weighted by Crippen LogP contribution is -2.30. The highest BCUT2D eigenvalue weighted by molar-refractivity contribution is 7.80. The first-order chi connectivity index (χ1) is 10.1. The average Bonchev–Trinajstić information content (AvgIpc) is 2.49. The summed E-state index contributed by atoms with van der Waals surface area (Å²) >= 11 is 10.3. The standard InChI is InChI=1S/C15H20ClN3OS/c16-13-2-1-10(8-15(13)21)7-14(17)12(9-19-20)11-3-5-18-6-4-11/h1-2,8-9,11,18,20-21H,3-7,17H2/b14-12+,19-9+. The van der Waals surface area contributed by atoms with Crippen molar-refractivity contribution in [3.63, 3.8) is 0 Å². The Kier molecular flexibility index (Phi) is 5.96. The molecule has 1 aromatic rings. The Morgan fingerprint density at radius 2 is 2.19 bits per heavy atom. The van der Waals surface area contributed by atoms with Crippen molar-refractivity contribution in [3.05, 3.63) is 40.1 Å². The van der Waals surface area contributed by atoms with Crippen molar-refractivity contribution < 1.29 is 5.21 Å². The van der Waals surface area contributed by atoms with Gasteiger partial charge < -0.3 is 16.3 Å². The fraction of sp³-hybridized carbons (Fsp3) is 0.400. The third kappa shape index (κ3) is 4.40. The highest BCUT2D eigenvalue weighted by Crippen LogP contribution is 2.25. The van der Waals surface area contributed by atoms with Crippen LogP contribution in [0, 0.1) is 5.92 Å². The lowest BCUT2D eigenvalue weighted by Gasteiger charge is -2.24. The molecule has 114 valence electrons. The molecule has 1 saturated heterocycles. The monoisotopic (exact) mass is 325 g/mol. The summed E-state index contributed by atoms with van der Waals surface area (Å²) in [6, 6.07) is 5.66. The lowest BCUT2D eigenvalue weighted by atomic mass is 9.88. The summed E-state index contributed by atoms with van der Waals surface area (Å²) in [5.41, 5.74) is 8.95. The van der Waals surface area contributed by atoms with E-state index in [1.165, 1.54) is 6.21 Å². The largest absolute Gasteiger partial charge is 0.411 e. The molecule has 1 fully saturated rings. The third-order valence-electron chi connectivity index (χ3n) is 3.75. The van der Waals surface area contributed by atoms with Gasteiger partial charge in [-0.15, -0.1) is 12.6 Å². The van der Waals surface area contributed by atoms with Crippen molar-refractivity contribution in [1.29, 1.82) is 0 Å². The van der Waals surface area contributed by atoms with Gasteiger partial charge in [-0.3, -0.25) is 0 Å². The zero-order valence-corrected chi connectivity index (χ0v) is 13.4. The molecular formula is C15H20ClN3OS. The van der Waals surface area contributed by atoms with Crippen LogP contribution in [0.2, 0.25) is 5.02 Å². The minimum Gasteiger partial charge on any atom is -0.411 e. The van der Waals surface area contributed by atoms with E-state index < -0.39 is 0 Å². The van der Waals surface area contributed by atoms with E-state index >= 15 is 0 Å². The van der Waals surface area contributed by atoms with Crippen LogP contribution in [0.1, 0.15) is 18.4 Å². The van der Waals surface area contributed by atoms with Crippen LogP contribution >= 0.6 is 24.2 Å². The molecule has 0 bridgehead atoms. The zero-order chi connectivity index (χ0) is 15.2. The number of allylic oxidation sites excluding steroid dienone is 2. The quantitative estimate of drug-likeness (QED) is 0.298. The maximum absolute atomic E-state index is 8.90. The van der Waals surface area contributed by atoms with Crippen LogP contribution in [0.3, 0.4) is 0 Å². The number of nitrogens with one attached hydrogen (secondary N) is 1. The summed E-state index contributed by atoms with van der Waals surface area (Å²) < 4.78 is 0. The van der Waals surface area contributed by atoms with E-state index in [0.717, 1.165) is 47.7 Å². The number of rotatable bonds is 4. The van der Waals surface area contributed by atoms with Crippen molar-refractivity contribution >= 4 is 30.4 Å². The summed E-state index contributed by atoms with van der Waals surface area (Å²) in [7, 11) is 0. The van der Waals surface area contributed by atoms with Gasteiger partial charge in [-0.05, 0) is 55.1 Å². The number of piperidine rings is 1. The SMILES string of the molecule is N/C(Cc1ccc(Cl)c(S)c1)=C(\C=N\O)C1CCNCC1. The van der Waals surface area contributed by atoms with E-state index in [-0.39, 0.29) is 0 Å². The number of halogens is 1. The number of nitrogens with two attached hydrogens (primary N) is 1. The molecule has 0 amide bonds. The number of nitrogens with zero attached hydrogens (tertiary/aromatic N) is 1. The van der Waals surface area contributed by atoms with Crippen LogP contribution in [-0.2, 0) is 6.42 Å². The lowest BCUT2D eigenvalue weighted by molar-refractivity contribution is 0.320. The first kappa shape index (κ1) is 16.2. The summed E-state index contributed by atoms with van der Waals surface area (Å²) in [6.07, 6.45) is 4.07. The minimum absolute atomic E-state index is 0.338. The first-order valence-corrected chi connectivity index (χ1v) is 7.78. The Morgan fingerprint density at radius 1 is 1.48 bits per heavy atom. The molecule has 1 aliphatic heterocycles. The Labute approximate surface area is 135 Å². The van der Waals surface area contributed by atoms with Crippen LogP contribution in [0.15, 0.2) is 39.5 Å². The van der Waals surface area contributed by atoms with Gasteiger partial charge in [0.1, 0.15) is 0 Å². The van der Waals surface area contributed by atoms with E-state index in [0.29, 0.717) is 17.4 Å². The molecule has 2 rings (SSSR count). The maximum Gasteiger partial charge on any atom is 0.0713 e. The Morgan fingerprint density at radius 3 is 2.81 bits per heavy atom. The molecule has 0 spiro atoms. The highest BCUT2D eigenvalue weighted by atomic mass is 35.5. The van der Waals surface area contributed by atoms with E-state index in [1.54, 1.807) is 0 Å². The van der Waals surface area contributed by atoms with Crippen LogP contribution in [-0.4, -0.2) is 24.5 Å². The van der Waals surface area contributed by atoms with E-state index in [2.05, 4.69) is 23.1 Å². The molecule has 0 aliphatic carbocycles. The molecule has 0 radical (unpaired) electrons. The molecule has 1 aromatic carbocycles. The maximum atomic E-state index is 8.90. The summed E-state index contributed by atoms with van der Waals surface area (Å²) in [4.78, 5) is 0.737. The second-order valence-corrected chi connectivity index (χ2v) is 6.10. The Hall–Kier alpha value is -1.17. The molecule has 1 heterocycles. The number of thiol groups is 1. The van der Waals surface area contributed by atoms with Crippen LogP contribution in [0.5, 0.6) is 0 Å². The van der Waals surface area contributed by atoms with E-state index in [9.17, 15) is 0 Å². The summed E-state index contributed by atoms with van der Waals surface area (Å²) in [5.74, 6) is 0.338. The van der Waals surface area contributed by atoms with Gasteiger partial charge in [0.15, 0.2) is 0 Å². The second-order valence-electron chi connectivity index (χ2n) is 5.21. The Balaban J connectivity index is 2.22. The number of oxime groups is 1. The van der Waals surface area contributed by atoms with Crippen molar-refractivity contribution in [2.75, 3.05) is 13.1 Å². The molecule has 6 heteroatoms. The van der Waals surface area contributed by atoms with Gasteiger partial charge in [-0.2, -0.15) is 0 Å². The molecule has 4 N–H and O–H groups in total. The molecule has 0 saturated carbocycles. The molecule has 1 aliphatic rings. The Bertz CT molecular complexity index is 554. The third-order valence-corrected chi connectivity index (χ3v) is 4.58. The predicted octanol–water partition coefficient (Wildman–Crippen LogP) is 2.84. The van der Waals surface area contributed by atoms with Gasteiger partial charge >= 0.3 is 0 Å². The number of hydrogen-bond donors (Lipinski definition) is 4. The van der Waals surface area contributed by atoms with Gasteiger partial charge in [-0.1, -0.05) is 22.8 Å². The van der Waals surface area contributed by atoms with Gasteiger partial charge in [0.2, 0.25) is 0 Å². The smallest absolute Gasteiger partial charge is 0.0713 e. The average molecular weight is 326 g/mol. The van der Waals surface area contributed by atoms with Crippen LogP contribution in [0.4, 0.5) is 0 Å². The highest BCUT2D eigenvalue weighted by Gasteiger charge is 2.19. The second kappa shape index (κ2) is 7.73. The van der Waals surface area contributed by atoms with Gasteiger partial charge in [-0.25, -0.2) is 0 Å². The van der Waals surface area contributed by atoms with Crippen LogP contribution in [0.25, 0.3) is 0 Å². The van der Waals surface area contributed by atoms with Gasteiger partial charge in [0.25, 0.3) is 0 Å². The van der Waals surface area contributed by atoms with E-state index in [4.69, 9.17) is 22.5 Å². The molecule has 21 heavy (non-hydrogen) atoms. The molecule has 0 unspecified atom stereocenters. The minimum atomic E-state index is 0.338. The fourth-order valence-electron chi connectivity index (χ4n) is 2.64. The normalized spacial score (nSPS) is 18.0. The van der Waals surface area contributed by atoms with E-state index in [1.807, 2.05) is 18.2 Å². The van der Waals surface area contributed by atoms with Gasteiger partial charge in [0, 0.05) is 17.0 Å². The molecule has 0 atom stereocenters. The van der Waals surface area contributed by atoms with Gasteiger partial charge in [0.05, 0.1) is 11.2 Å². The number of benzene rings is 1. The van der Waals surface area contributed by atoms with Crippen molar-refractivity contribution in [1.82, 2.24) is 5.32 Å². The molecular weight excluding hydrogens is 306 g/mol. The predicted molar refractivity (Wildman–Crippen MR) is 89.5 cm³/mol. The van der Waals surface area contributed by atoms with Crippen LogP contribution < -0.4 is 11.1 Å². The topological polar surface area (TPSA) is 70.6 Å². The fourth-order valence-corrected chi connectivity index (χ4v) is 2.99. The van der Waals surface area contributed by atoms with Crippen molar-refractivity contribution in [2.45, 2.75) is 24.2 Å². The van der Waals surface area contributed by atoms with Crippen molar-refractivity contribution in [3.8, 4) is 0 Å². The zero-order valence-electron chi connectivity index (χ0n) is 11.7. The van der Waals surface area contributed by atoms with Crippen molar-refractivity contribution in [2.24, 2.45) is 16.8 Å². The molecule has 4 nitrogen and oxygen atoms in total.